The minimum atomic E-state index is -0.0648. The van der Waals surface area contributed by atoms with Gasteiger partial charge in [-0.3, -0.25) is 14.4 Å². The van der Waals surface area contributed by atoms with Gasteiger partial charge < -0.3 is 14.2 Å². The van der Waals surface area contributed by atoms with Gasteiger partial charge in [0.2, 0.25) is 0 Å². The minimum absolute atomic E-state index is 0.0648. The Hall–Kier alpha value is -1.59. The van der Waals surface area contributed by atoms with E-state index >= 15 is 0 Å². The zero-order valence-corrected chi connectivity index (χ0v) is 17.9. The van der Waals surface area contributed by atoms with Crippen molar-refractivity contribution in [2.75, 3.05) is 13.2 Å². The van der Waals surface area contributed by atoms with E-state index in [0.717, 1.165) is 60.9 Å². The molecule has 0 amide bonds. The highest BCUT2D eigenvalue weighted by molar-refractivity contribution is 5.77. The first kappa shape index (κ1) is 18.9. The van der Waals surface area contributed by atoms with Gasteiger partial charge >= 0.3 is 17.9 Å². The van der Waals surface area contributed by atoms with Gasteiger partial charge in [-0.1, -0.05) is 0 Å². The van der Waals surface area contributed by atoms with Crippen molar-refractivity contribution in [3.8, 4) is 0 Å². The van der Waals surface area contributed by atoms with Crippen LogP contribution in [0.25, 0.3) is 0 Å². The van der Waals surface area contributed by atoms with E-state index in [2.05, 4.69) is 4.74 Å². The Bertz CT molecular complexity index is 815. The van der Waals surface area contributed by atoms with Crippen LogP contribution in [0.15, 0.2) is 0 Å². The first-order chi connectivity index (χ1) is 15.1. The lowest BCUT2D eigenvalue weighted by atomic mass is 9.64. The summed E-state index contributed by atoms with van der Waals surface area (Å²) in [6.45, 7) is 1.39. The summed E-state index contributed by atoms with van der Waals surface area (Å²) in [5, 5.41) is 0. The van der Waals surface area contributed by atoms with Crippen molar-refractivity contribution in [2.45, 2.75) is 57.5 Å². The summed E-state index contributed by atoms with van der Waals surface area (Å²) in [5.74, 6) is 8.42. The molecular formula is C25H32O6. The number of hydrogen-bond acceptors (Lipinski definition) is 6. The van der Waals surface area contributed by atoms with E-state index in [1.54, 1.807) is 0 Å². The number of rotatable bonds is 0. The summed E-state index contributed by atoms with van der Waals surface area (Å²) < 4.78 is 14.8. The molecule has 9 rings (SSSR count). The predicted molar refractivity (Wildman–Crippen MR) is 107 cm³/mol. The van der Waals surface area contributed by atoms with Crippen LogP contribution in [0, 0.1) is 65.1 Å². The smallest absolute Gasteiger partial charge is 0.309 e. The lowest BCUT2D eigenvalue weighted by Crippen LogP contribution is -2.38. The van der Waals surface area contributed by atoms with Crippen LogP contribution in [0.4, 0.5) is 0 Å². The normalized spacial score (nSPS) is 54.8. The lowest BCUT2D eigenvalue weighted by Gasteiger charge is -2.38. The van der Waals surface area contributed by atoms with Crippen molar-refractivity contribution in [1.82, 2.24) is 0 Å². The molecule has 6 saturated carbocycles. The van der Waals surface area contributed by atoms with E-state index in [1.807, 2.05) is 0 Å². The topological polar surface area (TPSA) is 78.9 Å². The van der Waals surface area contributed by atoms with Gasteiger partial charge in [-0.25, -0.2) is 0 Å². The maximum atomic E-state index is 11.8. The van der Waals surface area contributed by atoms with Crippen LogP contribution in [0.5, 0.6) is 0 Å². The summed E-state index contributed by atoms with van der Waals surface area (Å²) in [7, 11) is 0. The third-order valence-corrected chi connectivity index (χ3v) is 10.6. The third-order valence-electron chi connectivity index (χ3n) is 10.6. The number of carbonyl (C=O) groups excluding carboxylic acids is 3. The maximum Gasteiger partial charge on any atom is 0.309 e. The zero-order valence-electron chi connectivity index (χ0n) is 17.9. The highest BCUT2D eigenvalue weighted by Gasteiger charge is 2.68. The van der Waals surface area contributed by atoms with Crippen molar-refractivity contribution in [1.29, 1.82) is 0 Å². The molecule has 0 aromatic rings. The molecule has 31 heavy (non-hydrogen) atoms. The fourth-order valence-corrected chi connectivity index (χ4v) is 9.67. The van der Waals surface area contributed by atoms with E-state index in [1.165, 1.54) is 32.1 Å². The molecule has 12 unspecified atom stereocenters. The molecule has 9 fully saturated rings. The van der Waals surface area contributed by atoms with Crippen LogP contribution in [-0.2, 0) is 28.6 Å². The molecule has 9 aliphatic rings. The molecule has 0 radical (unpaired) electrons. The Morgan fingerprint density at radius 1 is 0.710 bits per heavy atom. The molecule has 168 valence electrons. The van der Waals surface area contributed by atoms with Gasteiger partial charge in [-0.2, -0.15) is 0 Å². The molecule has 3 aliphatic heterocycles. The van der Waals surface area contributed by atoms with Crippen LogP contribution >= 0.6 is 0 Å². The van der Waals surface area contributed by atoms with Gasteiger partial charge in [-0.15, -0.1) is 0 Å². The van der Waals surface area contributed by atoms with Crippen LogP contribution < -0.4 is 0 Å². The van der Waals surface area contributed by atoms with Gasteiger partial charge in [0.15, 0.2) is 0 Å². The fourth-order valence-electron chi connectivity index (χ4n) is 9.67. The molecule has 6 heteroatoms. The number of fused-ring (bicyclic) bond motifs is 13. The summed E-state index contributed by atoms with van der Waals surface area (Å²) in [6.07, 6.45) is 10.3. The molecule has 6 aliphatic carbocycles. The van der Waals surface area contributed by atoms with Crippen molar-refractivity contribution in [2.24, 2.45) is 65.1 Å². The quantitative estimate of drug-likeness (QED) is 0.335. The van der Waals surface area contributed by atoms with Crippen LogP contribution in [0.2, 0.25) is 0 Å². The van der Waals surface area contributed by atoms with Crippen molar-refractivity contribution >= 4 is 17.9 Å². The maximum absolute atomic E-state index is 11.8. The van der Waals surface area contributed by atoms with E-state index < -0.39 is 0 Å². The first-order valence-corrected chi connectivity index (χ1v) is 12.6. The van der Waals surface area contributed by atoms with Gasteiger partial charge in [-0.05, 0) is 86.4 Å². The van der Waals surface area contributed by atoms with Crippen molar-refractivity contribution in [3.63, 3.8) is 0 Å². The Labute approximate surface area is 182 Å². The van der Waals surface area contributed by atoms with Gasteiger partial charge in [0.25, 0.3) is 0 Å². The van der Waals surface area contributed by atoms with Crippen LogP contribution in [-0.4, -0.2) is 37.2 Å². The second kappa shape index (κ2) is 6.71. The van der Waals surface area contributed by atoms with Gasteiger partial charge in [0.05, 0.1) is 24.9 Å². The van der Waals surface area contributed by atoms with Crippen molar-refractivity contribution < 1.29 is 28.6 Å². The minimum Gasteiger partial charge on any atom is -0.465 e. The Balaban J connectivity index is 0.0000000970. The summed E-state index contributed by atoms with van der Waals surface area (Å²) in [6, 6.07) is 0. The van der Waals surface area contributed by atoms with Gasteiger partial charge in [0, 0.05) is 11.8 Å². The molecule has 3 saturated heterocycles. The highest BCUT2D eigenvalue weighted by Crippen LogP contribution is 2.71. The van der Waals surface area contributed by atoms with Crippen molar-refractivity contribution in [3.05, 3.63) is 0 Å². The summed E-state index contributed by atoms with van der Waals surface area (Å²) in [4.78, 5) is 32.6. The Kier molecular flexibility index (Phi) is 4.10. The summed E-state index contributed by atoms with van der Waals surface area (Å²) in [5.41, 5.74) is 0. The average molecular weight is 429 g/mol. The van der Waals surface area contributed by atoms with E-state index in [-0.39, 0.29) is 17.9 Å². The predicted octanol–water partition coefficient (Wildman–Crippen LogP) is 2.98. The number of cyclic esters (lactones) is 2. The second-order valence-corrected chi connectivity index (χ2v) is 11.7. The van der Waals surface area contributed by atoms with Gasteiger partial charge in [0.1, 0.15) is 12.7 Å². The molecule has 6 nitrogen and oxygen atoms in total. The molecule has 6 bridgehead atoms. The highest BCUT2D eigenvalue weighted by atomic mass is 16.6. The summed E-state index contributed by atoms with van der Waals surface area (Å²) >= 11 is 0. The number of hydrogen-bond donors (Lipinski definition) is 0. The molecule has 12 atom stereocenters. The van der Waals surface area contributed by atoms with E-state index in [0.29, 0.717) is 42.8 Å². The fraction of sp³-hybridized carbons (Fsp3) is 0.880. The first-order valence-electron chi connectivity index (χ1n) is 12.6. The standard InChI is InChI=1S/C14H18O2.C8H10O2.C3H4O2/c15-14-13-9-4-8(10(13)5-16-14)11-6-1-2-7(3-6)12(9)11;9-8-6-2-4-1-5(6)7(3-4)10-8;4-3-1-2-5-3/h6-13H,1-5H2;4-7H,1-3H2;1-2H2. The average Bonchev–Trinajstić information content (AvgIpc) is 3.55. The zero-order chi connectivity index (χ0) is 20.9. The number of ether oxygens (including phenoxy) is 3. The molecule has 0 N–H and O–H groups in total. The van der Waals surface area contributed by atoms with E-state index in [4.69, 9.17) is 9.47 Å². The second-order valence-electron chi connectivity index (χ2n) is 11.7. The van der Waals surface area contributed by atoms with E-state index in [9.17, 15) is 14.4 Å². The largest absolute Gasteiger partial charge is 0.465 e. The Morgan fingerprint density at radius 3 is 2.06 bits per heavy atom. The third kappa shape index (κ3) is 2.65. The molecule has 3 heterocycles. The number of esters is 3. The van der Waals surface area contributed by atoms with Crippen LogP contribution in [0.1, 0.15) is 51.4 Å². The molecule has 0 aromatic heterocycles. The lowest BCUT2D eigenvalue weighted by molar-refractivity contribution is -0.157. The molecule has 0 aromatic carbocycles. The Morgan fingerprint density at radius 2 is 1.45 bits per heavy atom. The monoisotopic (exact) mass is 428 g/mol. The SMILES string of the molecule is O=C1CCO1.O=C1OC2CC3CC1C2C3.O=C1OCC2C3CC(C12)C1C2CCC(C2)C31. The molecular weight excluding hydrogens is 396 g/mol. The van der Waals surface area contributed by atoms with Crippen LogP contribution in [0.3, 0.4) is 0 Å². The number of carbonyl (C=O) groups is 3. The molecule has 0 spiro atoms.